The summed E-state index contributed by atoms with van der Waals surface area (Å²) in [6.07, 6.45) is 6.42. The molecule has 3 aromatic rings. The van der Waals surface area contributed by atoms with E-state index in [1.807, 2.05) is 12.4 Å². The van der Waals surface area contributed by atoms with Gasteiger partial charge in [0.25, 0.3) is 6.47 Å². The number of aromatic amines is 1. The van der Waals surface area contributed by atoms with E-state index in [2.05, 4.69) is 70.7 Å². The molecule has 1 aliphatic carbocycles. The zero-order valence-electron chi connectivity index (χ0n) is 19.6. The summed E-state index contributed by atoms with van der Waals surface area (Å²) < 4.78 is 5.28. The van der Waals surface area contributed by atoms with Gasteiger partial charge in [0.15, 0.2) is 5.60 Å². The number of carbonyl (C=O) groups excluding carboxylic acids is 1. The van der Waals surface area contributed by atoms with Crippen molar-refractivity contribution in [3.8, 4) is 23.0 Å². The van der Waals surface area contributed by atoms with Crippen molar-refractivity contribution in [2.45, 2.75) is 38.7 Å². The van der Waals surface area contributed by atoms with Crippen molar-refractivity contribution in [2.75, 3.05) is 38.1 Å². The molecule has 0 spiro atoms. The first kappa shape index (κ1) is 21.5. The largest absolute Gasteiger partial charge is 0.448 e. The predicted octanol–water partition coefficient (Wildman–Crippen LogP) is 4.05. The third-order valence-electron chi connectivity index (χ3n) is 7.03. The third-order valence-corrected chi connectivity index (χ3v) is 7.03. The highest BCUT2D eigenvalue weighted by Crippen LogP contribution is 2.35. The molecule has 6 heteroatoms. The standard InChI is InChI=1S/C27H30N4O2/c1-19-13-22(14-20(2)25(19)31-11-9-30(3)10-12-31)23-15-24-21(16-28-26(24)29-17-23)5-8-27(33-18-32)6-4-7-27/h13-18H,4,6-7,9-12H2,1-3H3,(H,28,29). The summed E-state index contributed by atoms with van der Waals surface area (Å²) in [6.45, 7) is 9.23. The van der Waals surface area contributed by atoms with Crippen molar-refractivity contribution in [1.82, 2.24) is 14.9 Å². The molecule has 0 atom stereocenters. The lowest BCUT2D eigenvalue weighted by atomic mass is 9.80. The van der Waals surface area contributed by atoms with Gasteiger partial charge in [-0.3, -0.25) is 4.79 Å². The quantitative estimate of drug-likeness (QED) is 0.488. The number of aryl methyl sites for hydroxylation is 2. The van der Waals surface area contributed by atoms with E-state index in [-0.39, 0.29) is 0 Å². The van der Waals surface area contributed by atoms with Crippen molar-refractivity contribution in [3.05, 3.63) is 47.3 Å². The summed E-state index contributed by atoms with van der Waals surface area (Å²) >= 11 is 0. The Labute approximate surface area is 194 Å². The molecular formula is C27H30N4O2. The van der Waals surface area contributed by atoms with Crippen LogP contribution < -0.4 is 4.90 Å². The number of nitrogens with one attached hydrogen (secondary N) is 1. The predicted molar refractivity (Wildman–Crippen MR) is 131 cm³/mol. The third kappa shape index (κ3) is 4.09. The summed E-state index contributed by atoms with van der Waals surface area (Å²) in [7, 11) is 2.18. The van der Waals surface area contributed by atoms with Gasteiger partial charge in [0, 0.05) is 55.2 Å². The van der Waals surface area contributed by atoms with Gasteiger partial charge in [0.1, 0.15) is 5.65 Å². The minimum atomic E-state index is -0.621. The number of carbonyl (C=O) groups is 1. The van der Waals surface area contributed by atoms with Gasteiger partial charge in [-0.2, -0.15) is 0 Å². The minimum Gasteiger partial charge on any atom is -0.448 e. The Kier molecular flexibility index (Phi) is 5.59. The molecule has 2 aliphatic rings. The van der Waals surface area contributed by atoms with E-state index in [9.17, 15) is 4.79 Å². The maximum absolute atomic E-state index is 10.9. The molecule has 1 saturated heterocycles. The Morgan fingerprint density at radius 3 is 2.45 bits per heavy atom. The Morgan fingerprint density at radius 2 is 1.82 bits per heavy atom. The Morgan fingerprint density at radius 1 is 1.09 bits per heavy atom. The van der Waals surface area contributed by atoms with Crippen molar-refractivity contribution in [1.29, 1.82) is 0 Å². The summed E-state index contributed by atoms with van der Waals surface area (Å²) in [5, 5.41) is 0.985. The number of nitrogens with zero attached hydrogens (tertiary/aromatic N) is 3. The van der Waals surface area contributed by atoms with Crippen LogP contribution in [0.1, 0.15) is 36.0 Å². The second-order valence-electron chi connectivity index (χ2n) is 9.38. The summed E-state index contributed by atoms with van der Waals surface area (Å²) in [5.74, 6) is 6.43. The second-order valence-corrected chi connectivity index (χ2v) is 9.38. The summed E-state index contributed by atoms with van der Waals surface area (Å²) in [6, 6.07) is 6.69. The SMILES string of the molecule is Cc1cc(-c2cnc3[nH]cc(C#CC4(OC=O)CCC4)c3c2)cc(C)c1N1CCN(C)CC1. The van der Waals surface area contributed by atoms with Crippen LogP contribution in [0.5, 0.6) is 0 Å². The molecule has 1 aliphatic heterocycles. The zero-order valence-corrected chi connectivity index (χ0v) is 19.6. The molecule has 0 radical (unpaired) electrons. The fourth-order valence-corrected chi connectivity index (χ4v) is 4.96. The van der Waals surface area contributed by atoms with E-state index in [4.69, 9.17) is 4.74 Å². The number of pyridine rings is 1. The number of rotatable bonds is 4. The number of piperazine rings is 1. The molecule has 0 amide bonds. The molecule has 0 bridgehead atoms. The van der Waals surface area contributed by atoms with Gasteiger partial charge in [-0.1, -0.05) is 5.92 Å². The first-order valence-corrected chi connectivity index (χ1v) is 11.6. The van der Waals surface area contributed by atoms with Gasteiger partial charge < -0.3 is 19.5 Å². The zero-order chi connectivity index (χ0) is 23.0. The molecule has 6 nitrogen and oxygen atoms in total. The van der Waals surface area contributed by atoms with Crippen LogP contribution in [-0.4, -0.2) is 60.2 Å². The first-order valence-electron chi connectivity index (χ1n) is 11.6. The average molecular weight is 443 g/mol. The van der Waals surface area contributed by atoms with Crippen molar-refractivity contribution in [2.24, 2.45) is 0 Å². The Bertz CT molecular complexity index is 1230. The number of anilines is 1. The number of fused-ring (bicyclic) bond motifs is 1. The van der Waals surface area contributed by atoms with E-state index in [0.717, 1.165) is 73.2 Å². The lowest BCUT2D eigenvalue weighted by molar-refractivity contribution is -0.144. The van der Waals surface area contributed by atoms with E-state index in [1.165, 1.54) is 16.8 Å². The highest BCUT2D eigenvalue weighted by Gasteiger charge is 2.37. The number of hydrogen-bond donors (Lipinski definition) is 1. The lowest BCUT2D eigenvalue weighted by Gasteiger charge is -2.36. The monoisotopic (exact) mass is 442 g/mol. The smallest absolute Gasteiger partial charge is 0.294 e. The summed E-state index contributed by atoms with van der Waals surface area (Å²) in [4.78, 5) is 23.6. The molecule has 0 unspecified atom stereocenters. The molecule has 170 valence electrons. The normalized spacial score (nSPS) is 17.8. The van der Waals surface area contributed by atoms with Crippen LogP contribution in [0.2, 0.25) is 0 Å². The number of H-pyrrole nitrogens is 1. The number of benzene rings is 1. The fourth-order valence-electron chi connectivity index (χ4n) is 4.96. The molecule has 3 heterocycles. The maximum Gasteiger partial charge on any atom is 0.294 e. The highest BCUT2D eigenvalue weighted by atomic mass is 16.5. The van der Waals surface area contributed by atoms with Crippen LogP contribution in [0.15, 0.2) is 30.6 Å². The topological polar surface area (TPSA) is 61.5 Å². The molecule has 1 N–H and O–H groups in total. The van der Waals surface area contributed by atoms with Gasteiger partial charge >= 0.3 is 0 Å². The van der Waals surface area contributed by atoms with Gasteiger partial charge in [0.2, 0.25) is 0 Å². The van der Waals surface area contributed by atoms with Crippen LogP contribution in [0.3, 0.4) is 0 Å². The maximum atomic E-state index is 10.9. The number of likely N-dealkylation sites (N-methyl/N-ethyl adjacent to an activating group) is 1. The van der Waals surface area contributed by atoms with Gasteiger partial charge in [-0.05, 0) is 81.0 Å². The van der Waals surface area contributed by atoms with E-state index in [0.29, 0.717) is 6.47 Å². The van der Waals surface area contributed by atoms with Gasteiger partial charge in [-0.15, -0.1) is 0 Å². The van der Waals surface area contributed by atoms with Crippen LogP contribution in [-0.2, 0) is 9.53 Å². The van der Waals surface area contributed by atoms with E-state index >= 15 is 0 Å². The first-order chi connectivity index (χ1) is 16.0. The van der Waals surface area contributed by atoms with Crippen molar-refractivity contribution < 1.29 is 9.53 Å². The van der Waals surface area contributed by atoms with Crippen LogP contribution in [0.25, 0.3) is 22.2 Å². The van der Waals surface area contributed by atoms with Crippen LogP contribution in [0, 0.1) is 25.7 Å². The molecule has 33 heavy (non-hydrogen) atoms. The molecule has 2 fully saturated rings. The Balaban J connectivity index is 1.47. The number of ether oxygens (including phenoxy) is 1. The van der Waals surface area contributed by atoms with Crippen LogP contribution >= 0.6 is 0 Å². The van der Waals surface area contributed by atoms with Crippen LogP contribution in [0.4, 0.5) is 5.69 Å². The fraction of sp³-hybridized carbons (Fsp3) is 0.407. The molecule has 2 aromatic heterocycles. The molecule has 5 rings (SSSR count). The van der Waals surface area contributed by atoms with Gasteiger partial charge in [-0.25, -0.2) is 4.98 Å². The van der Waals surface area contributed by atoms with E-state index in [1.54, 1.807) is 0 Å². The minimum absolute atomic E-state index is 0.513. The second kappa shape index (κ2) is 8.57. The van der Waals surface area contributed by atoms with Crippen molar-refractivity contribution in [3.63, 3.8) is 0 Å². The van der Waals surface area contributed by atoms with E-state index < -0.39 is 5.60 Å². The molecule has 1 saturated carbocycles. The number of hydrogen-bond acceptors (Lipinski definition) is 5. The molecular weight excluding hydrogens is 412 g/mol. The highest BCUT2D eigenvalue weighted by molar-refractivity contribution is 5.87. The lowest BCUT2D eigenvalue weighted by Crippen LogP contribution is -2.45. The average Bonchev–Trinajstić information content (AvgIpc) is 3.18. The molecule has 1 aromatic carbocycles. The Hall–Kier alpha value is -3.30. The van der Waals surface area contributed by atoms with Crippen molar-refractivity contribution >= 4 is 23.2 Å². The van der Waals surface area contributed by atoms with Gasteiger partial charge in [0.05, 0.1) is 5.56 Å². The number of aromatic nitrogens is 2. The summed E-state index contributed by atoms with van der Waals surface area (Å²) in [5.41, 5.74) is 7.25.